The van der Waals surface area contributed by atoms with Crippen LogP contribution in [0.4, 0.5) is 10.5 Å². The van der Waals surface area contributed by atoms with E-state index in [9.17, 15) is 9.59 Å². The molecule has 0 radical (unpaired) electrons. The zero-order valence-electron chi connectivity index (χ0n) is 16.2. The third kappa shape index (κ3) is 3.90. The molecular formula is C19H26BrN3O4. The van der Waals surface area contributed by atoms with Crippen molar-refractivity contribution in [1.29, 1.82) is 0 Å². The van der Waals surface area contributed by atoms with Gasteiger partial charge in [-0.25, -0.2) is 9.59 Å². The van der Waals surface area contributed by atoms with Gasteiger partial charge in [-0.3, -0.25) is 4.98 Å². The van der Waals surface area contributed by atoms with Crippen molar-refractivity contribution >= 4 is 33.7 Å². The van der Waals surface area contributed by atoms with Crippen LogP contribution in [-0.2, 0) is 9.47 Å². The molecule has 3 rings (SSSR count). The average molecular weight is 440 g/mol. The van der Waals surface area contributed by atoms with Crippen molar-refractivity contribution in [3.63, 3.8) is 0 Å². The summed E-state index contributed by atoms with van der Waals surface area (Å²) >= 11 is 3.52. The quantitative estimate of drug-likeness (QED) is 0.655. The molecular weight excluding hydrogens is 414 g/mol. The Labute approximate surface area is 168 Å². The Morgan fingerprint density at radius 1 is 1.22 bits per heavy atom. The van der Waals surface area contributed by atoms with Gasteiger partial charge in [0.1, 0.15) is 11.2 Å². The number of pyridine rings is 1. The monoisotopic (exact) mass is 439 g/mol. The molecule has 2 aliphatic rings. The summed E-state index contributed by atoms with van der Waals surface area (Å²) in [5, 5.41) is 0. The van der Waals surface area contributed by atoms with Crippen molar-refractivity contribution in [2.45, 2.75) is 51.2 Å². The number of likely N-dealkylation sites (tertiary alicyclic amines) is 1. The second-order valence-corrected chi connectivity index (χ2v) is 8.99. The summed E-state index contributed by atoms with van der Waals surface area (Å²) < 4.78 is 11.3. The summed E-state index contributed by atoms with van der Waals surface area (Å²) in [5.41, 5.74) is 0.402. The minimum atomic E-state index is -0.522. The number of aromatic nitrogens is 1. The molecule has 27 heavy (non-hydrogen) atoms. The average Bonchev–Trinajstić information content (AvgIpc) is 3.19. The first-order chi connectivity index (χ1) is 12.7. The van der Waals surface area contributed by atoms with Crippen LogP contribution in [-0.4, -0.2) is 59.8 Å². The second-order valence-electron chi connectivity index (χ2n) is 8.14. The fourth-order valence-corrected chi connectivity index (χ4v) is 4.60. The minimum Gasteiger partial charge on any atom is -0.465 e. The third-order valence-electron chi connectivity index (χ3n) is 5.14. The van der Waals surface area contributed by atoms with Crippen molar-refractivity contribution in [1.82, 2.24) is 9.88 Å². The molecule has 2 fully saturated rings. The number of amides is 1. The lowest BCUT2D eigenvalue weighted by atomic mass is 9.95. The highest BCUT2D eigenvalue weighted by atomic mass is 79.9. The van der Waals surface area contributed by atoms with Gasteiger partial charge in [-0.15, -0.1) is 0 Å². The number of esters is 1. The van der Waals surface area contributed by atoms with E-state index in [4.69, 9.17) is 9.47 Å². The molecule has 0 bridgehead atoms. The van der Waals surface area contributed by atoms with Gasteiger partial charge in [-0.2, -0.15) is 0 Å². The molecule has 0 aromatic carbocycles. The molecule has 2 aliphatic heterocycles. The lowest BCUT2D eigenvalue weighted by Crippen LogP contribution is -2.50. The van der Waals surface area contributed by atoms with Crippen molar-refractivity contribution < 1.29 is 19.1 Å². The van der Waals surface area contributed by atoms with E-state index in [0.29, 0.717) is 18.7 Å². The largest absolute Gasteiger partial charge is 0.465 e. The number of hydrogen-bond acceptors (Lipinski definition) is 6. The van der Waals surface area contributed by atoms with Gasteiger partial charge < -0.3 is 19.3 Å². The summed E-state index contributed by atoms with van der Waals surface area (Å²) in [7, 11) is 1.36. The highest BCUT2D eigenvalue weighted by Gasteiger charge is 2.50. The molecule has 0 aliphatic carbocycles. The summed E-state index contributed by atoms with van der Waals surface area (Å²) in [5.74, 6) is -0.421. The molecule has 3 heterocycles. The lowest BCUT2D eigenvalue weighted by molar-refractivity contribution is 0.0111. The Morgan fingerprint density at radius 3 is 2.63 bits per heavy atom. The van der Waals surface area contributed by atoms with E-state index in [-0.39, 0.29) is 11.6 Å². The maximum atomic E-state index is 12.7. The molecule has 1 aromatic rings. The maximum absolute atomic E-state index is 12.7. The fourth-order valence-electron chi connectivity index (χ4n) is 4.02. The van der Waals surface area contributed by atoms with Crippen LogP contribution in [0.1, 0.15) is 50.4 Å². The van der Waals surface area contributed by atoms with Gasteiger partial charge in [-0.1, -0.05) is 0 Å². The first-order valence-corrected chi connectivity index (χ1v) is 9.93. The number of halogens is 1. The molecule has 2 saturated heterocycles. The Hall–Kier alpha value is -1.83. The van der Waals surface area contributed by atoms with Crippen LogP contribution in [0.25, 0.3) is 0 Å². The molecule has 0 saturated carbocycles. The zero-order valence-corrected chi connectivity index (χ0v) is 17.8. The molecule has 1 atom stereocenters. The number of rotatable bonds is 2. The molecule has 1 aromatic heterocycles. The molecule has 8 heteroatoms. The van der Waals surface area contributed by atoms with E-state index in [1.807, 2.05) is 25.7 Å². The first-order valence-electron chi connectivity index (χ1n) is 9.14. The standard InChI is InChI=1S/C19H26BrN3O4/c1-18(2,3)27-17(25)23-8-5-6-19(23)7-9-22(12-19)15-13(16(24)26-4)10-21-11-14(15)20/h10-11H,5-9,12H2,1-4H3/t19-/m0/s1. The normalized spacial score (nSPS) is 22.4. The van der Waals surface area contributed by atoms with Gasteiger partial charge in [0.25, 0.3) is 0 Å². The van der Waals surface area contributed by atoms with Gasteiger partial charge in [0.05, 0.1) is 22.8 Å². The van der Waals surface area contributed by atoms with E-state index in [1.54, 1.807) is 6.20 Å². The Bertz CT molecular complexity index is 749. The number of methoxy groups -OCH3 is 1. The molecule has 1 spiro atoms. The highest BCUT2D eigenvalue weighted by molar-refractivity contribution is 9.10. The summed E-state index contributed by atoms with van der Waals surface area (Å²) in [6.07, 6.45) is 5.66. The zero-order chi connectivity index (χ0) is 19.8. The molecule has 0 unspecified atom stereocenters. The minimum absolute atomic E-state index is 0.260. The van der Waals surface area contributed by atoms with Crippen molar-refractivity contribution in [3.8, 4) is 0 Å². The van der Waals surface area contributed by atoms with Gasteiger partial charge in [-0.05, 0) is 56.0 Å². The lowest BCUT2D eigenvalue weighted by Gasteiger charge is -2.36. The summed E-state index contributed by atoms with van der Waals surface area (Å²) in [4.78, 5) is 33.1. The van der Waals surface area contributed by atoms with Crippen LogP contribution < -0.4 is 4.90 Å². The number of carbonyl (C=O) groups is 2. The molecule has 0 N–H and O–H groups in total. The smallest absolute Gasteiger partial charge is 0.410 e. The predicted molar refractivity (Wildman–Crippen MR) is 105 cm³/mol. The van der Waals surface area contributed by atoms with E-state index in [1.165, 1.54) is 13.3 Å². The third-order valence-corrected chi connectivity index (χ3v) is 5.72. The van der Waals surface area contributed by atoms with Gasteiger partial charge in [0.15, 0.2) is 0 Å². The number of carbonyl (C=O) groups excluding carboxylic acids is 2. The van der Waals surface area contributed by atoms with Crippen LogP contribution in [0.15, 0.2) is 16.9 Å². The number of ether oxygens (including phenoxy) is 2. The highest BCUT2D eigenvalue weighted by Crippen LogP contribution is 2.42. The SMILES string of the molecule is COC(=O)c1cncc(Br)c1N1CC[C@@]2(CCCN2C(=O)OC(C)(C)C)C1. The number of nitrogens with zero attached hydrogens (tertiary/aromatic N) is 3. The van der Waals surface area contributed by atoms with Crippen LogP contribution >= 0.6 is 15.9 Å². The van der Waals surface area contributed by atoms with Crippen LogP contribution in [0.2, 0.25) is 0 Å². The van der Waals surface area contributed by atoms with Crippen LogP contribution in [0.5, 0.6) is 0 Å². The van der Waals surface area contributed by atoms with E-state index < -0.39 is 11.6 Å². The predicted octanol–water partition coefficient (Wildman–Crippen LogP) is 3.61. The molecule has 1 amide bonds. The molecule has 7 nitrogen and oxygen atoms in total. The van der Waals surface area contributed by atoms with E-state index in [0.717, 1.165) is 36.0 Å². The van der Waals surface area contributed by atoms with Crippen LogP contribution in [0.3, 0.4) is 0 Å². The van der Waals surface area contributed by atoms with Gasteiger partial charge in [0, 0.05) is 32.0 Å². The maximum Gasteiger partial charge on any atom is 0.410 e. The number of hydrogen-bond donors (Lipinski definition) is 0. The summed E-state index contributed by atoms with van der Waals surface area (Å²) in [6.45, 7) is 7.73. The van der Waals surface area contributed by atoms with Crippen molar-refractivity contribution in [2.75, 3.05) is 31.6 Å². The summed E-state index contributed by atoms with van der Waals surface area (Å²) in [6, 6.07) is 0. The van der Waals surface area contributed by atoms with Gasteiger partial charge in [0.2, 0.25) is 0 Å². The van der Waals surface area contributed by atoms with Crippen molar-refractivity contribution in [2.24, 2.45) is 0 Å². The Morgan fingerprint density at radius 2 is 1.96 bits per heavy atom. The van der Waals surface area contributed by atoms with Gasteiger partial charge >= 0.3 is 12.1 Å². The van der Waals surface area contributed by atoms with Crippen molar-refractivity contribution in [3.05, 3.63) is 22.4 Å². The van der Waals surface area contributed by atoms with E-state index in [2.05, 4.69) is 25.8 Å². The first kappa shape index (κ1) is 19.9. The Kier molecular flexibility index (Phi) is 5.38. The second kappa shape index (κ2) is 7.30. The number of anilines is 1. The topological polar surface area (TPSA) is 72.0 Å². The van der Waals surface area contributed by atoms with Crippen LogP contribution in [0, 0.1) is 0 Å². The molecule has 148 valence electrons. The fraction of sp³-hybridized carbons (Fsp3) is 0.632. The Balaban J connectivity index is 1.86. The van der Waals surface area contributed by atoms with E-state index >= 15 is 0 Å².